The highest BCUT2D eigenvalue weighted by molar-refractivity contribution is 5.89. The zero-order chi connectivity index (χ0) is 30.0. The van der Waals surface area contributed by atoms with Gasteiger partial charge in [0.15, 0.2) is 5.82 Å². The molecule has 1 aliphatic heterocycles. The van der Waals surface area contributed by atoms with Gasteiger partial charge in [0.05, 0.1) is 11.6 Å². The van der Waals surface area contributed by atoms with Crippen molar-refractivity contribution in [2.75, 3.05) is 35.7 Å². The van der Waals surface area contributed by atoms with Gasteiger partial charge in [-0.05, 0) is 69.8 Å². The summed E-state index contributed by atoms with van der Waals surface area (Å²) < 4.78 is 39.1. The zero-order valence-electron chi connectivity index (χ0n) is 24.2. The zero-order valence-corrected chi connectivity index (χ0v) is 24.2. The Hall–Kier alpha value is -3.87. The number of H-pyrrole nitrogens is 1. The number of nitrogens with zero attached hydrogens (tertiary/aromatic N) is 5. The fourth-order valence-electron chi connectivity index (χ4n) is 6.61. The van der Waals surface area contributed by atoms with E-state index in [1.54, 1.807) is 6.20 Å². The molecule has 3 fully saturated rings. The maximum atomic E-state index is 13.0. The summed E-state index contributed by atoms with van der Waals surface area (Å²) in [5.41, 5.74) is 0.478. The van der Waals surface area contributed by atoms with Crippen molar-refractivity contribution in [1.29, 1.82) is 0 Å². The minimum atomic E-state index is -4.47. The fraction of sp³-hybridized carbons (Fsp3) is 0.533. The second-order valence-electron chi connectivity index (χ2n) is 12.0. The van der Waals surface area contributed by atoms with Gasteiger partial charge in [0.25, 0.3) is 0 Å². The van der Waals surface area contributed by atoms with Crippen molar-refractivity contribution in [2.24, 2.45) is 0 Å². The van der Waals surface area contributed by atoms with Gasteiger partial charge in [0.1, 0.15) is 5.82 Å². The van der Waals surface area contributed by atoms with Gasteiger partial charge < -0.3 is 25.8 Å². The molecule has 0 radical (unpaired) electrons. The molecule has 13 heteroatoms. The molecule has 3 heterocycles. The van der Waals surface area contributed by atoms with Crippen molar-refractivity contribution in [3.05, 3.63) is 53.9 Å². The molecule has 2 saturated carbocycles. The third kappa shape index (κ3) is 7.03. The number of amides is 2. The fourth-order valence-corrected chi connectivity index (χ4v) is 6.61. The molecule has 1 aromatic carbocycles. The van der Waals surface area contributed by atoms with Crippen LogP contribution in [0.15, 0.2) is 42.6 Å². The molecule has 43 heavy (non-hydrogen) atoms. The van der Waals surface area contributed by atoms with Crippen LogP contribution in [0.4, 0.5) is 41.2 Å². The molecule has 2 aliphatic carbocycles. The molecular formula is C30H38F3N9O. The van der Waals surface area contributed by atoms with Crippen LogP contribution in [0.5, 0.6) is 0 Å². The largest absolute Gasteiger partial charge is 0.416 e. The van der Waals surface area contributed by atoms with Crippen molar-refractivity contribution < 1.29 is 18.0 Å². The van der Waals surface area contributed by atoms with Gasteiger partial charge in [-0.25, -0.2) is 9.78 Å². The molecular weight excluding hydrogens is 559 g/mol. The lowest BCUT2D eigenvalue weighted by molar-refractivity contribution is -0.137. The van der Waals surface area contributed by atoms with Gasteiger partial charge in [-0.2, -0.15) is 23.3 Å². The van der Waals surface area contributed by atoms with Crippen LogP contribution in [0.3, 0.4) is 0 Å². The number of hydrogen-bond acceptors (Lipinski definition) is 7. The Labute approximate surface area is 248 Å². The Morgan fingerprint density at radius 3 is 2.49 bits per heavy atom. The summed E-state index contributed by atoms with van der Waals surface area (Å²) in [6.45, 7) is 1.84. The van der Waals surface area contributed by atoms with Gasteiger partial charge in [0.2, 0.25) is 5.95 Å². The number of likely N-dealkylation sites (N-methyl/N-ethyl adjacent to an activating group) is 1. The lowest BCUT2D eigenvalue weighted by Gasteiger charge is -2.48. The molecule has 3 aliphatic rings. The summed E-state index contributed by atoms with van der Waals surface area (Å²) in [5.74, 6) is 2.66. The first-order valence-electron chi connectivity index (χ1n) is 15.1. The van der Waals surface area contributed by atoms with Crippen molar-refractivity contribution >= 4 is 29.3 Å². The average Bonchev–Trinajstić information content (AvgIpc) is 3.66. The summed E-state index contributed by atoms with van der Waals surface area (Å²) in [6.07, 6.45) is 5.38. The van der Waals surface area contributed by atoms with Crippen molar-refractivity contribution in [3.63, 3.8) is 0 Å². The average molecular weight is 598 g/mol. The van der Waals surface area contributed by atoms with Crippen LogP contribution in [0.1, 0.15) is 68.5 Å². The monoisotopic (exact) mass is 597 g/mol. The van der Waals surface area contributed by atoms with E-state index < -0.39 is 17.8 Å². The number of hydrogen-bond donors (Lipinski definition) is 4. The van der Waals surface area contributed by atoms with E-state index in [9.17, 15) is 18.0 Å². The number of carbonyl (C=O) groups excluding carboxylic acids is 1. The molecule has 3 aromatic rings. The van der Waals surface area contributed by atoms with E-state index in [0.29, 0.717) is 23.7 Å². The second kappa shape index (κ2) is 12.4. The minimum absolute atomic E-state index is 0.0735. The number of carbonyl (C=O) groups is 1. The molecule has 0 unspecified atom stereocenters. The smallest absolute Gasteiger partial charge is 0.335 e. The Bertz CT molecular complexity index is 1390. The number of rotatable bonds is 8. The third-order valence-corrected chi connectivity index (χ3v) is 8.83. The summed E-state index contributed by atoms with van der Waals surface area (Å²) in [7, 11) is 2.09. The predicted molar refractivity (Wildman–Crippen MR) is 159 cm³/mol. The quantitative estimate of drug-likeness (QED) is 0.257. The lowest BCUT2D eigenvalue weighted by Crippen LogP contribution is -2.62. The number of urea groups is 1. The van der Waals surface area contributed by atoms with Crippen LogP contribution >= 0.6 is 0 Å². The Balaban J connectivity index is 1.07. The highest BCUT2D eigenvalue weighted by Gasteiger charge is 2.37. The molecule has 2 aromatic heterocycles. The van der Waals surface area contributed by atoms with Crippen LogP contribution in [0.2, 0.25) is 0 Å². The van der Waals surface area contributed by atoms with E-state index in [-0.39, 0.29) is 17.8 Å². The predicted octanol–water partition coefficient (Wildman–Crippen LogP) is 5.87. The molecule has 0 spiro atoms. The molecule has 0 bridgehead atoms. The highest BCUT2D eigenvalue weighted by atomic mass is 19.4. The van der Waals surface area contributed by atoms with E-state index in [1.165, 1.54) is 43.5 Å². The molecule has 10 nitrogen and oxygen atoms in total. The van der Waals surface area contributed by atoms with Crippen molar-refractivity contribution in [1.82, 2.24) is 30.4 Å². The van der Waals surface area contributed by atoms with E-state index in [1.807, 2.05) is 6.07 Å². The van der Waals surface area contributed by atoms with Gasteiger partial charge in [-0.15, -0.1) is 0 Å². The highest BCUT2D eigenvalue weighted by Crippen LogP contribution is 2.35. The SMILES string of the molecule is CN1CC(N(c2nccc(Nc3cc(C4CCCC4)[nH]n3)n2)[C@H]2CC[C@H](NC(=O)Nc3cccc(C(F)(F)F)c3)CC2)C1. The first-order valence-corrected chi connectivity index (χ1v) is 15.1. The number of nitrogens with one attached hydrogen (secondary N) is 4. The lowest BCUT2D eigenvalue weighted by atomic mass is 9.88. The van der Waals surface area contributed by atoms with Crippen LogP contribution < -0.4 is 20.9 Å². The summed E-state index contributed by atoms with van der Waals surface area (Å²) >= 11 is 0. The van der Waals surface area contributed by atoms with Crippen LogP contribution in [0, 0.1) is 0 Å². The van der Waals surface area contributed by atoms with E-state index in [2.05, 4.69) is 54.0 Å². The van der Waals surface area contributed by atoms with E-state index in [4.69, 9.17) is 4.98 Å². The number of aromatic nitrogens is 4. The number of halogens is 3. The molecule has 2 amide bonds. The minimum Gasteiger partial charge on any atom is -0.335 e. The first kappa shape index (κ1) is 29.2. The Kier molecular flexibility index (Phi) is 8.42. The standard InChI is InChI=1S/C30H38F3N9O/c1-41-17-24(18-41)42(28-34-14-13-26(38-28)37-27-16-25(39-40-27)19-5-2-3-6-19)23-11-9-21(10-12-23)35-29(43)36-22-8-4-7-20(15-22)30(31,32)33/h4,7-8,13-16,19,21,23-24H,2-3,5-6,9-12,17-18H2,1H3,(H2,35,36,43)(H2,34,37,38,39,40)/t21-,23-. The van der Waals surface area contributed by atoms with Gasteiger partial charge >= 0.3 is 12.2 Å². The Morgan fingerprint density at radius 1 is 1.00 bits per heavy atom. The van der Waals surface area contributed by atoms with Crippen molar-refractivity contribution in [2.45, 2.75) is 81.6 Å². The van der Waals surface area contributed by atoms with Crippen LogP contribution in [-0.2, 0) is 6.18 Å². The molecule has 230 valence electrons. The normalized spacial score (nSPS) is 21.8. The third-order valence-electron chi connectivity index (χ3n) is 8.83. The first-order chi connectivity index (χ1) is 20.7. The number of alkyl halides is 3. The number of aromatic amines is 1. The summed E-state index contributed by atoms with van der Waals surface area (Å²) in [6, 6.07) is 8.50. The second-order valence-corrected chi connectivity index (χ2v) is 12.0. The molecule has 0 atom stereocenters. The van der Waals surface area contributed by atoms with Crippen molar-refractivity contribution in [3.8, 4) is 0 Å². The number of anilines is 4. The number of likely N-dealkylation sites (tertiary alicyclic amines) is 1. The summed E-state index contributed by atoms with van der Waals surface area (Å²) in [5, 5.41) is 16.5. The molecule has 1 saturated heterocycles. The van der Waals surface area contributed by atoms with Gasteiger partial charge in [-0.1, -0.05) is 18.9 Å². The number of benzene rings is 1. The van der Waals surface area contributed by atoms with E-state index in [0.717, 1.165) is 56.7 Å². The van der Waals surface area contributed by atoms with E-state index >= 15 is 0 Å². The van der Waals surface area contributed by atoms with Crippen LogP contribution in [0.25, 0.3) is 0 Å². The summed E-state index contributed by atoms with van der Waals surface area (Å²) in [4.78, 5) is 26.7. The molecule has 6 rings (SSSR count). The molecule has 4 N–H and O–H groups in total. The maximum absolute atomic E-state index is 13.0. The topological polar surface area (TPSA) is 114 Å². The van der Waals surface area contributed by atoms with Gasteiger partial charge in [0, 0.05) is 54.7 Å². The van der Waals surface area contributed by atoms with Crippen LogP contribution in [-0.4, -0.2) is 69.4 Å². The van der Waals surface area contributed by atoms with Gasteiger partial charge in [-0.3, -0.25) is 5.10 Å². The maximum Gasteiger partial charge on any atom is 0.416 e. The Morgan fingerprint density at radius 2 is 1.77 bits per heavy atom.